The lowest BCUT2D eigenvalue weighted by molar-refractivity contribution is 0.321. The van der Waals surface area contributed by atoms with E-state index in [2.05, 4.69) is 15.5 Å². The van der Waals surface area contributed by atoms with Crippen molar-refractivity contribution < 1.29 is 8.64 Å². The maximum atomic E-state index is 7.13. The average Bonchev–Trinajstić information content (AvgIpc) is 2.67. The molecule has 0 radical (unpaired) electrons. The molecule has 1 aromatic rings. The van der Waals surface area contributed by atoms with Crippen molar-refractivity contribution >= 4 is 0 Å². The zero-order valence-electron chi connectivity index (χ0n) is 9.71. The molecule has 12 heavy (non-hydrogen) atoms. The molecule has 0 spiro atoms. The van der Waals surface area contributed by atoms with Gasteiger partial charge in [-0.05, 0) is 26.2 Å². The molecule has 0 amide bonds. The maximum Gasteiger partial charge on any atom is 0.231 e. The summed E-state index contributed by atoms with van der Waals surface area (Å²) in [6, 6.07) is 0. The van der Waals surface area contributed by atoms with E-state index >= 15 is 0 Å². The number of hydrogen-bond acceptors (Lipinski definition) is 4. The predicted octanol–water partition coefficient (Wildman–Crippen LogP) is 0.845. The first-order valence-corrected chi connectivity index (χ1v) is 4.12. The van der Waals surface area contributed by atoms with Crippen molar-refractivity contribution in [2.45, 2.75) is 25.6 Å². The van der Waals surface area contributed by atoms with Crippen molar-refractivity contribution in [2.75, 3.05) is 13.1 Å². The standard InChI is InChI=1S/C8H13N3O/c1-6-10-8(12-11-6)7-3-2-4-9-5-7/h7,9H,2-5H2,1H3/t7-/m1/s1/i1D3. The molecule has 4 nitrogen and oxygen atoms in total. The van der Waals surface area contributed by atoms with Gasteiger partial charge in [0.15, 0.2) is 5.82 Å². The number of nitrogens with one attached hydrogen (secondary N) is 1. The van der Waals surface area contributed by atoms with Crippen molar-refractivity contribution in [1.29, 1.82) is 0 Å². The van der Waals surface area contributed by atoms with Crippen molar-refractivity contribution in [3.63, 3.8) is 0 Å². The lowest BCUT2D eigenvalue weighted by atomic mass is 10.00. The van der Waals surface area contributed by atoms with Crippen LogP contribution in [0.3, 0.4) is 0 Å². The lowest BCUT2D eigenvalue weighted by Gasteiger charge is -2.18. The minimum Gasteiger partial charge on any atom is -0.339 e. The Morgan fingerprint density at radius 1 is 1.75 bits per heavy atom. The molecule has 0 aromatic carbocycles. The molecule has 1 saturated heterocycles. The second kappa shape index (κ2) is 3.23. The van der Waals surface area contributed by atoms with Crippen molar-refractivity contribution in [3.05, 3.63) is 11.7 Å². The molecule has 1 aliphatic heterocycles. The van der Waals surface area contributed by atoms with Gasteiger partial charge in [0, 0.05) is 10.7 Å². The van der Waals surface area contributed by atoms with Gasteiger partial charge in [-0.2, -0.15) is 4.98 Å². The fraction of sp³-hybridized carbons (Fsp3) is 0.750. The number of piperidine rings is 1. The highest BCUT2D eigenvalue weighted by atomic mass is 16.5. The van der Waals surface area contributed by atoms with E-state index < -0.39 is 6.85 Å². The summed E-state index contributed by atoms with van der Waals surface area (Å²) in [6.45, 7) is -0.497. The van der Waals surface area contributed by atoms with Gasteiger partial charge >= 0.3 is 0 Å². The Morgan fingerprint density at radius 2 is 2.75 bits per heavy atom. The van der Waals surface area contributed by atoms with Crippen LogP contribution in [-0.2, 0) is 0 Å². The normalized spacial score (nSPS) is 29.0. The Labute approximate surface area is 75.6 Å². The third kappa shape index (κ3) is 1.48. The molecule has 1 aliphatic rings. The summed E-state index contributed by atoms with van der Waals surface area (Å²) in [5.74, 6) is 0.402. The highest BCUT2D eigenvalue weighted by Crippen LogP contribution is 2.20. The van der Waals surface area contributed by atoms with E-state index in [-0.39, 0.29) is 11.7 Å². The summed E-state index contributed by atoms with van der Waals surface area (Å²) in [5, 5.41) is 6.70. The van der Waals surface area contributed by atoms with E-state index in [0.717, 1.165) is 25.9 Å². The molecule has 0 unspecified atom stereocenters. The topological polar surface area (TPSA) is 51.0 Å². The van der Waals surface area contributed by atoms with Crippen LogP contribution in [0.15, 0.2) is 4.52 Å². The van der Waals surface area contributed by atoms with Crippen molar-refractivity contribution in [2.24, 2.45) is 0 Å². The molecule has 1 atom stereocenters. The Kier molecular flexibility index (Phi) is 1.34. The van der Waals surface area contributed by atoms with Crippen molar-refractivity contribution in [1.82, 2.24) is 15.5 Å². The second-order valence-electron chi connectivity index (χ2n) is 3.00. The van der Waals surface area contributed by atoms with Gasteiger partial charge in [-0.1, -0.05) is 5.16 Å². The van der Waals surface area contributed by atoms with Gasteiger partial charge in [0.25, 0.3) is 0 Å². The van der Waals surface area contributed by atoms with Crippen LogP contribution in [0.4, 0.5) is 0 Å². The second-order valence-corrected chi connectivity index (χ2v) is 3.00. The van der Waals surface area contributed by atoms with E-state index in [1.807, 2.05) is 0 Å². The van der Waals surface area contributed by atoms with Crippen LogP contribution in [0, 0.1) is 6.85 Å². The first-order valence-electron chi connectivity index (χ1n) is 5.62. The highest BCUT2D eigenvalue weighted by molar-refractivity contribution is 4.95. The Morgan fingerprint density at radius 3 is 3.42 bits per heavy atom. The van der Waals surface area contributed by atoms with Gasteiger partial charge in [0.1, 0.15) is 0 Å². The minimum absolute atomic E-state index is 0.155. The van der Waals surface area contributed by atoms with Crippen LogP contribution < -0.4 is 5.32 Å². The van der Waals surface area contributed by atoms with Gasteiger partial charge in [0.05, 0.1) is 5.92 Å². The fourth-order valence-electron chi connectivity index (χ4n) is 1.46. The largest absolute Gasteiger partial charge is 0.339 e. The molecule has 0 saturated carbocycles. The molecule has 4 heteroatoms. The molecule has 1 fully saturated rings. The van der Waals surface area contributed by atoms with Crippen LogP contribution in [0.2, 0.25) is 0 Å². The number of aryl methyl sites for hydroxylation is 1. The van der Waals surface area contributed by atoms with E-state index in [1.165, 1.54) is 0 Å². The van der Waals surface area contributed by atoms with Crippen molar-refractivity contribution in [3.8, 4) is 0 Å². The third-order valence-electron chi connectivity index (χ3n) is 2.09. The highest BCUT2D eigenvalue weighted by Gasteiger charge is 2.20. The molecule has 2 heterocycles. The molecular weight excluding hydrogens is 154 g/mol. The first kappa shape index (κ1) is 4.97. The van der Waals surface area contributed by atoms with Gasteiger partial charge < -0.3 is 9.84 Å². The molecular formula is C8H13N3O. The van der Waals surface area contributed by atoms with Crippen LogP contribution in [-0.4, -0.2) is 23.2 Å². The Balaban J connectivity index is 2.12. The number of aromatic nitrogens is 2. The quantitative estimate of drug-likeness (QED) is 0.678. The summed E-state index contributed by atoms with van der Waals surface area (Å²) < 4.78 is 26.4. The van der Waals surface area contributed by atoms with E-state index in [1.54, 1.807) is 0 Å². The van der Waals surface area contributed by atoms with Crippen LogP contribution in [0.1, 0.15) is 34.6 Å². The number of hydrogen-bond donors (Lipinski definition) is 1. The van der Waals surface area contributed by atoms with E-state index in [9.17, 15) is 0 Å². The van der Waals surface area contributed by atoms with Gasteiger partial charge in [0.2, 0.25) is 5.89 Å². The summed E-state index contributed by atoms with van der Waals surface area (Å²) in [5.41, 5.74) is 0. The van der Waals surface area contributed by atoms with E-state index in [4.69, 9.17) is 8.64 Å². The smallest absolute Gasteiger partial charge is 0.231 e. The Hall–Kier alpha value is -0.900. The molecule has 0 bridgehead atoms. The molecule has 1 N–H and O–H groups in total. The molecule has 1 aromatic heterocycles. The van der Waals surface area contributed by atoms with Gasteiger partial charge in [-0.15, -0.1) is 0 Å². The maximum absolute atomic E-state index is 7.13. The number of rotatable bonds is 1. The average molecular weight is 170 g/mol. The number of nitrogens with zero attached hydrogens (tertiary/aromatic N) is 2. The summed E-state index contributed by atoms with van der Waals surface area (Å²) >= 11 is 0. The minimum atomic E-state index is -2.27. The SMILES string of the molecule is [2H]C([2H])([2H])c1noc([C@@H]2CCCNC2)n1. The van der Waals surface area contributed by atoms with Gasteiger partial charge in [-0.25, -0.2) is 0 Å². The predicted molar refractivity (Wildman–Crippen MR) is 43.9 cm³/mol. The Bertz CT molecular complexity index is 330. The summed E-state index contributed by atoms with van der Waals surface area (Å²) in [6.07, 6.45) is 2.02. The molecule has 0 aliphatic carbocycles. The molecule has 66 valence electrons. The van der Waals surface area contributed by atoms with E-state index in [0.29, 0.717) is 5.89 Å². The zero-order chi connectivity index (χ0) is 10.9. The monoisotopic (exact) mass is 170 g/mol. The van der Waals surface area contributed by atoms with Crippen LogP contribution >= 0.6 is 0 Å². The fourth-order valence-corrected chi connectivity index (χ4v) is 1.46. The summed E-state index contributed by atoms with van der Waals surface area (Å²) in [4.78, 5) is 3.92. The lowest BCUT2D eigenvalue weighted by Crippen LogP contribution is -2.28. The summed E-state index contributed by atoms with van der Waals surface area (Å²) in [7, 11) is 0. The zero-order valence-corrected chi connectivity index (χ0v) is 6.71. The van der Waals surface area contributed by atoms with Gasteiger partial charge in [-0.3, -0.25) is 0 Å². The molecule has 2 rings (SSSR count). The van der Waals surface area contributed by atoms with Crippen LogP contribution in [0.25, 0.3) is 0 Å². The first-order chi connectivity index (χ1) is 7.07. The third-order valence-corrected chi connectivity index (χ3v) is 2.09. The van der Waals surface area contributed by atoms with Crippen LogP contribution in [0.5, 0.6) is 0 Å².